The van der Waals surface area contributed by atoms with Gasteiger partial charge in [-0.1, -0.05) is 18.2 Å². The van der Waals surface area contributed by atoms with E-state index in [-0.39, 0.29) is 31.3 Å². The average molecular weight is 404 g/mol. The summed E-state index contributed by atoms with van der Waals surface area (Å²) < 4.78 is 0.717. The van der Waals surface area contributed by atoms with Gasteiger partial charge in [-0.3, -0.25) is 14.6 Å². The molecule has 1 aromatic carbocycles. The molecule has 4 nitrogen and oxygen atoms in total. The molecule has 0 saturated heterocycles. The molecule has 1 aromatic heterocycles. The van der Waals surface area contributed by atoms with Crippen LogP contribution in [0.15, 0.2) is 53.3 Å². The van der Waals surface area contributed by atoms with Crippen LogP contribution in [0.25, 0.3) is 0 Å². The second-order valence-electron chi connectivity index (χ2n) is 4.29. The Morgan fingerprint density at radius 3 is 2.45 bits per heavy atom. The fraction of sp³-hybridized carbons (Fsp3) is 0.133. The van der Waals surface area contributed by atoms with Crippen LogP contribution in [0.1, 0.15) is 16.8 Å². The van der Waals surface area contributed by atoms with Gasteiger partial charge in [-0.2, -0.15) is 0 Å². The first-order valence-electron chi connectivity index (χ1n) is 6.23. The number of para-hydroxylation sites is 1. The highest BCUT2D eigenvalue weighted by molar-refractivity contribution is 9.10. The monoisotopic (exact) mass is 402 g/mol. The highest BCUT2D eigenvalue weighted by Crippen LogP contribution is 2.19. The van der Waals surface area contributed by atoms with Gasteiger partial charge in [-0.25, -0.2) is 0 Å². The summed E-state index contributed by atoms with van der Waals surface area (Å²) in [5, 5.41) is -0.476. The number of rotatable bonds is 5. The molecular formula is C15H13BrCl2N2O2. The maximum absolute atomic E-state index is 12.6. The van der Waals surface area contributed by atoms with E-state index in [1.54, 1.807) is 12.3 Å². The molecule has 0 N–H and O–H groups in total. The van der Waals surface area contributed by atoms with E-state index in [1.807, 2.05) is 30.3 Å². The molecule has 0 aliphatic carbocycles. The molecule has 0 aliphatic rings. The number of anilines is 1. The fourth-order valence-electron chi connectivity index (χ4n) is 1.84. The van der Waals surface area contributed by atoms with Crippen LogP contribution >= 0.6 is 39.9 Å². The molecule has 2 rings (SSSR count). The van der Waals surface area contributed by atoms with Crippen LogP contribution in [0.2, 0.25) is 0 Å². The lowest BCUT2D eigenvalue weighted by molar-refractivity contribution is -0.111. The molecule has 0 spiro atoms. The Morgan fingerprint density at radius 2 is 1.86 bits per heavy atom. The number of hydrogen-bond acceptors (Lipinski definition) is 3. The Bertz CT molecular complexity index is 653. The summed E-state index contributed by atoms with van der Waals surface area (Å²) in [6.45, 7) is 0.220. The van der Waals surface area contributed by atoms with Gasteiger partial charge in [0.15, 0.2) is 0 Å². The predicted molar refractivity (Wildman–Crippen MR) is 92.8 cm³/mol. The number of nitrogens with zero attached hydrogens (tertiary/aromatic N) is 2. The molecule has 7 heteroatoms. The third-order valence-electron chi connectivity index (χ3n) is 2.80. The predicted octanol–water partition coefficient (Wildman–Crippen LogP) is 4.07. The summed E-state index contributed by atoms with van der Waals surface area (Å²) >= 11 is 8.68. The molecular weight excluding hydrogens is 391 g/mol. The highest BCUT2D eigenvalue weighted by Gasteiger charge is 2.18. The van der Waals surface area contributed by atoms with Crippen molar-refractivity contribution >= 4 is 56.8 Å². The van der Waals surface area contributed by atoms with Crippen LogP contribution in [0.3, 0.4) is 0 Å². The van der Waals surface area contributed by atoms with Gasteiger partial charge in [-0.15, -0.1) is 12.4 Å². The Balaban J connectivity index is 0.00000242. The van der Waals surface area contributed by atoms with Crippen LogP contribution in [0.4, 0.5) is 5.69 Å². The summed E-state index contributed by atoms with van der Waals surface area (Å²) in [6.07, 6.45) is 3.18. The van der Waals surface area contributed by atoms with Crippen molar-refractivity contribution in [3.8, 4) is 0 Å². The quantitative estimate of drug-likeness (QED) is 0.707. The third kappa shape index (κ3) is 5.09. The van der Waals surface area contributed by atoms with Crippen molar-refractivity contribution < 1.29 is 9.59 Å². The number of halogens is 3. The number of aromatic nitrogens is 1. The minimum Gasteiger partial charge on any atom is -0.308 e. The van der Waals surface area contributed by atoms with Gasteiger partial charge in [-0.05, 0) is 45.7 Å². The SMILES string of the molecule is Cl.O=C(Cl)CCN(C(=O)c1cncc(Br)c1)c1ccccc1. The van der Waals surface area contributed by atoms with Crippen molar-refractivity contribution in [3.05, 3.63) is 58.8 Å². The number of carbonyl (C=O) groups is 2. The Kier molecular flexibility index (Phi) is 7.51. The second kappa shape index (κ2) is 8.88. The molecule has 0 bridgehead atoms. The van der Waals surface area contributed by atoms with E-state index in [2.05, 4.69) is 20.9 Å². The van der Waals surface area contributed by atoms with Crippen molar-refractivity contribution in [1.82, 2.24) is 4.98 Å². The largest absolute Gasteiger partial charge is 0.308 e. The first-order valence-corrected chi connectivity index (χ1v) is 7.41. The Morgan fingerprint density at radius 1 is 1.18 bits per heavy atom. The van der Waals surface area contributed by atoms with Gasteiger partial charge < -0.3 is 4.90 Å². The second-order valence-corrected chi connectivity index (χ2v) is 5.63. The van der Waals surface area contributed by atoms with Crippen molar-refractivity contribution in [3.63, 3.8) is 0 Å². The number of amides is 1. The molecule has 0 saturated carbocycles. The number of carbonyl (C=O) groups excluding carboxylic acids is 2. The maximum Gasteiger partial charge on any atom is 0.259 e. The van der Waals surface area contributed by atoms with Gasteiger partial charge in [0.25, 0.3) is 5.91 Å². The van der Waals surface area contributed by atoms with Gasteiger partial charge in [0, 0.05) is 35.5 Å². The van der Waals surface area contributed by atoms with E-state index in [4.69, 9.17) is 11.6 Å². The molecule has 2 aromatic rings. The first kappa shape index (κ1) is 18.6. The van der Waals surface area contributed by atoms with Gasteiger partial charge in [0.2, 0.25) is 5.24 Å². The number of benzene rings is 1. The third-order valence-corrected chi connectivity index (χ3v) is 3.42. The molecule has 0 unspecified atom stereocenters. The summed E-state index contributed by atoms with van der Waals surface area (Å²) in [4.78, 5) is 29.1. The van der Waals surface area contributed by atoms with Crippen molar-refractivity contribution in [2.75, 3.05) is 11.4 Å². The summed E-state index contributed by atoms with van der Waals surface area (Å²) in [5.41, 5.74) is 1.15. The number of hydrogen-bond donors (Lipinski definition) is 0. The first-order chi connectivity index (χ1) is 10.1. The van der Waals surface area contributed by atoms with E-state index in [1.165, 1.54) is 11.1 Å². The molecule has 1 heterocycles. The Labute approximate surface area is 148 Å². The summed E-state index contributed by atoms with van der Waals surface area (Å²) in [6, 6.07) is 10.8. The average Bonchev–Trinajstić information content (AvgIpc) is 2.48. The van der Waals surface area contributed by atoms with Crippen molar-refractivity contribution in [2.45, 2.75) is 6.42 Å². The van der Waals surface area contributed by atoms with Crippen molar-refractivity contribution in [2.24, 2.45) is 0 Å². The molecule has 1 amide bonds. The topological polar surface area (TPSA) is 50.3 Å². The lowest BCUT2D eigenvalue weighted by Gasteiger charge is -2.22. The van der Waals surface area contributed by atoms with Crippen LogP contribution in [-0.4, -0.2) is 22.7 Å². The number of pyridine rings is 1. The standard InChI is InChI=1S/C15H12BrClN2O2.ClH/c16-12-8-11(9-18-10-12)15(21)19(7-6-14(17)20)13-4-2-1-3-5-13;/h1-5,8-10H,6-7H2;1H. The van der Waals surface area contributed by atoms with Crippen molar-refractivity contribution in [1.29, 1.82) is 0 Å². The lowest BCUT2D eigenvalue weighted by atomic mass is 10.2. The zero-order chi connectivity index (χ0) is 15.2. The van der Waals surface area contributed by atoms with Gasteiger partial charge in [0.1, 0.15) is 0 Å². The molecule has 22 heavy (non-hydrogen) atoms. The lowest BCUT2D eigenvalue weighted by Crippen LogP contribution is -2.32. The van der Waals surface area contributed by atoms with Crippen LogP contribution in [0, 0.1) is 0 Å². The summed E-state index contributed by atoms with van der Waals surface area (Å²) in [5.74, 6) is -0.229. The van der Waals surface area contributed by atoms with E-state index in [0.29, 0.717) is 11.3 Å². The smallest absolute Gasteiger partial charge is 0.259 e. The molecule has 116 valence electrons. The van der Waals surface area contributed by atoms with Crippen LogP contribution in [0.5, 0.6) is 0 Å². The molecule has 0 atom stereocenters. The van der Waals surface area contributed by atoms with E-state index in [9.17, 15) is 9.59 Å². The van der Waals surface area contributed by atoms with Crippen LogP contribution in [-0.2, 0) is 4.79 Å². The normalized spacial score (nSPS) is 9.73. The van der Waals surface area contributed by atoms with E-state index < -0.39 is 5.24 Å². The summed E-state index contributed by atoms with van der Waals surface area (Å²) in [7, 11) is 0. The van der Waals surface area contributed by atoms with E-state index in [0.717, 1.165) is 4.47 Å². The molecule has 0 radical (unpaired) electrons. The molecule has 0 aliphatic heterocycles. The zero-order valence-corrected chi connectivity index (χ0v) is 14.6. The maximum atomic E-state index is 12.6. The highest BCUT2D eigenvalue weighted by atomic mass is 79.9. The minimum atomic E-state index is -0.476. The van der Waals surface area contributed by atoms with Crippen LogP contribution < -0.4 is 4.90 Å². The Hall–Kier alpha value is -1.43. The van der Waals surface area contributed by atoms with Gasteiger partial charge >= 0.3 is 0 Å². The van der Waals surface area contributed by atoms with Gasteiger partial charge in [0.05, 0.1) is 5.56 Å². The van der Waals surface area contributed by atoms with E-state index >= 15 is 0 Å². The molecule has 0 fully saturated rings. The minimum absolute atomic E-state index is 0. The zero-order valence-electron chi connectivity index (χ0n) is 11.4. The fourth-order valence-corrected chi connectivity index (χ4v) is 2.29.